The highest BCUT2D eigenvalue weighted by Crippen LogP contribution is 2.39. The smallest absolute Gasteiger partial charge is 0.157 e. The molecule has 1 atom stereocenters. The fraction of sp³-hybridized carbons (Fsp3) is 0.556. The standard InChI is InChI=1S/C9H11BrN2O/c10-3-8(13)9-11-4-7(5-12-9)6-1-2-6/h4-6,8,13H,1-3H2. The van der Waals surface area contributed by atoms with E-state index in [-0.39, 0.29) is 0 Å². The maximum atomic E-state index is 9.40. The Morgan fingerprint density at radius 1 is 1.46 bits per heavy atom. The maximum absolute atomic E-state index is 9.40. The predicted octanol–water partition coefficient (Wildman–Crippen LogP) is 1.78. The molecule has 0 saturated heterocycles. The van der Waals surface area contributed by atoms with Crippen LogP contribution in [0, 0.1) is 0 Å². The molecule has 0 bridgehead atoms. The zero-order valence-corrected chi connectivity index (χ0v) is 8.74. The van der Waals surface area contributed by atoms with E-state index in [0.717, 1.165) is 0 Å². The van der Waals surface area contributed by atoms with Crippen molar-refractivity contribution in [3.8, 4) is 0 Å². The van der Waals surface area contributed by atoms with Crippen molar-refractivity contribution in [3.63, 3.8) is 0 Å². The molecule has 1 aliphatic carbocycles. The van der Waals surface area contributed by atoms with Gasteiger partial charge in [0.05, 0.1) is 0 Å². The largest absolute Gasteiger partial charge is 0.384 e. The highest BCUT2D eigenvalue weighted by Gasteiger charge is 2.24. The molecule has 1 aromatic heterocycles. The number of rotatable bonds is 3. The Hall–Kier alpha value is -0.480. The SMILES string of the molecule is OC(CBr)c1ncc(C2CC2)cn1. The zero-order chi connectivity index (χ0) is 9.26. The van der Waals surface area contributed by atoms with Gasteiger partial charge in [-0.1, -0.05) is 15.9 Å². The van der Waals surface area contributed by atoms with Gasteiger partial charge in [-0.2, -0.15) is 0 Å². The molecule has 0 aromatic carbocycles. The second-order valence-corrected chi connectivity index (χ2v) is 3.97. The highest BCUT2D eigenvalue weighted by molar-refractivity contribution is 9.09. The number of aliphatic hydroxyl groups is 1. The first-order valence-corrected chi connectivity index (χ1v) is 5.49. The first kappa shape index (κ1) is 9.09. The van der Waals surface area contributed by atoms with Gasteiger partial charge in [0.1, 0.15) is 6.10 Å². The molecule has 70 valence electrons. The number of hydrogen-bond acceptors (Lipinski definition) is 3. The number of aliphatic hydroxyl groups excluding tert-OH is 1. The van der Waals surface area contributed by atoms with Crippen molar-refractivity contribution in [1.82, 2.24) is 9.97 Å². The summed E-state index contributed by atoms with van der Waals surface area (Å²) >= 11 is 3.18. The van der Waals surface area contributed by atoms with Crippen LogP contribution in [0.2, 0.25) is 0 Å². The molecule has 13 heavy (non-hydrogen) atoms. The molecule has 0 radical (unpaired) electrons. The molecule has 1 aromatic rings. The van der Waals surface area contributed by atoms with Crippen molar-refractivity contribution < 1.29 is 5.11 Å². The van der Waals surface area contributed by atoms with Crippen LogP contribution in [-0.2, 0) is 0 Å². The van der Waals surface area contributed by atoms with Crippen molar-refractivity contribution in [2.75, 3.05) is 5.33 Å². The van der Waals surface area contributed by atoms with E-state index >= 15 is 0 Å². The van der Waals surface area contributed by atoms with Crippen molar-refractivity contribution >= 4 is 15.9 Å². The molecule has 3 nitrogen and oxygen atoms in total. The molecule has 2 rings (SSSR count). The highest BCUT2D eigenvalue weighted by atomic mass is 79.9. The molecule has 1 N–H and O–H groups in total. The van der Waals surface area contributed by atoms with E-state index in [4.69, 9.17) is 0 Å². The van der Waals surface area contributed by atoms with Crippen molar-refractivity contribution in [3.05, 3.63) is 23.8 Å². The molecule has 0 spiro atoms. The summed E-state index contributed by atoms with van der Waals surface area (Å²) < 4.78 is 0. The Kier molecular flexibility index (Phi) is 2.60. The third-order valence-electron chi connectivity index (χ3n) is 2.18. The summed E-state index contributed by atoms with van der Waals surface area (Å²) in [6.07, 6.45) is 5.57. The Morgan fingerprint density at radius 3 is 2.54 bits per heavy atom. The molecule has 1 aliphatic rings. The van der Waals surface area contributed by atoms with Crippen LogP contribution in [0.1, 0.15) is 36.3 Å². The van der Waals surface area contributed by atoms with Gasteiger partial charge in [-0.15, -0.1) is 0 Å². The van der Waals surface area contributed by atoms with Crippen LogP contribution in [0.3, 0.4) is 0 Å². The van der Waals surface area contributed by atoms with E-state index in [1.807, 2.05) is 12.4 Å². The van der Waals surface area contributed by atoms with Crippen molar-refractivity contribution in [2.24, 2.45) is 0 Å². The molecular weight excluding hydrogens is 232 g/mol. The van der Waals surface area contributed by atoms with E-state index in [2.05, 4.69) is 25.9 Å². The third kappa shape index (κ3) is 2.06. The molecule has 4 heteroatoms. The van der Waals surface area contributed by atoms with Crippen LogP contribution < -0.4 is 0 Å². The molecule has 1 heterocycles. The third-order valence-corrected chi connectivity index (χ3v) is 2.80. The summed E-state index contributed by atoms with van der Waals surface area (Å²) in [6.45, 7) is 0. The Balaban J connectivity index is 2.12. The summed E-state index contributed by atoms with van der Waals surface area (Å²) in [5, 5.41) is 9.88. The van der Waals surface area contributed by atoms with Gasteiger partial charge in [0.2, 0.25) is 0 Å². The lowest BCUT2D eigenvalue weighted by molar-refractivity contribution is 0.195. The van der Waals surface area contributed by atoms with Crippen LogP contribution in [0.25, 0.3) is 0 Å². The van der Waals surface area contributed by atoms with E-state index in [9.17, 15) is 5.11 Å². The van der Waals surface area contributed by atoms with E-state index in [1.165, 1.54) is 18.4 Å². The van der Waals surface area contributed by atoms with Crippen LogP contribution in [0.5, 0.6) is 0 Å². The molecule has 1 unspecified atom stereocenters. The first-order chi connectivity index (χ1) is 6.31. The lowest BCUT2D eigenvalue weighted by Gasteiger charge is -2.05. The van der Waals surface area contributed by atoms with Gasteiger partial charge in [-0.25, -0.2) is 9.97 Å². The van der Waals surface area contributed by atoms with Crippen molar-refractivity contribution in [2.45, 2.75) is 24.9 Å². The normalized spacial score (nSPS) is 18.6. The Labute approximate surface area is 85.4 Å². The van der Waals surface area contributed by atoms with Crippen molar-refractivity contribution in [1.29, 1.82) is 0 Å². The van der Waals surface area contributed by atoms with Gasteiger partial charge >= 0.3 is 0 Å². The number of nitrogens with zero attached hydrogens (tertiary/aromatic N) is 2. The maximum Gasteiger partial charge on any atom is 0.157 e. The number of halogens is 1. The first-order valence-electron chi connectivity index (χ1n) is 4.37. The van der Waals surface area contributed by atoms with E-state index < -0.39 is 6.10 Å². The second kappa shape index (κ2) is 3.72. The summed E-state index contributed by atoms with van der Waals surface area (Å²) in [4.78, 5) is 8.24. The quantitative estimate of drug-likeness (QED) is 0.823. The summed E-state index contributed by atoms with van der Waals surface area (Å²) in [6, 6.07) is 0. The Morgan fingerprint density at radius 2 is 2.08 bits per heavy atom. The minimum atomic E-state index is -0.590. The van der Waals surface area contributed by atoms with Gasteiger partial charge in [0, 0.05) is 17.7 Å². The molecule has 0 amide bonds. The average molecular weight is 243 g/mol. The lowest BCUT2D eigenvalue weighted by atomic mass is 10.2. The fourth-order valence-electron chi connectivity index (χ4n) is 1.22. The number of aromatic nitrogens is 2. The molecule has 1 fully saturated rings. The summed E-state index contributed by atoms with van der Waals surface area (Å²) in [7, 11) is 0. The van der Waals surface area contributed by atoms with Gasteiger partial charge in [-0.05, 0) is 24.3 Å². The van der Waals surface area contributed by atoms with Gasteiger partial charge in [0.25, 0.3) is 0 Å². The molecule has 1 saturated carbocycles. The summed E-state index contributed by atoms with van der Waals surface area (Å²) in [5.41, 5.74) is 1.20. The van der Waals surface area contributed by atoms with Gasteiger partial charge < -0.3 is 5.11 Å². The predicted molar refractivity (Wildman–Crippen MR) is 52.8 cm³/mol. The van der Waals surface area contributed by atoms with Gasteiger partial charge in [-0.3, -0.25) is 0 Å². The second-order valence-electron chi connectivity index (χ2n) is 3.32. The van der Waals surface area contributed by atoms with Crippen LogP contribution in [0.15, 0.2) is 12.4 Å². The van der Waals surface area contributed by atoms with Crippen LogP contribution in [0.4, 0.5) is 0 Å². The monoisotopic (exact) mass is 242 g/mol. The van der Waals surface area contributed by atoms with E-state index in [0.29, 0.717) is 17.1 Å². The van der Waals surface area contributed by atoms with Gasteiger partial charge in [0.15, 0.2) is 5.82 Å². The molecule has 0 aliphatic heterocycles. The fourth-order valence-corrected chi connectivity index (χ4v) is 1.51. The average Bonchev–Trinajstić information content (AvgIpc) is 3.00. The Bertz CT molecular complexity index is 284. The number of hydrogen-bond donors (Lipinski definition) is 1. The van der Waals surface area contributed by atoms with E-state index in [1.54, 1.807) is 0 Å². The minimum absolute atomic E-state index is 0.482. The lowest BCUT2D eigenvalue weighted by Crippen LogP contribution is -2.04. The van der Waals surface area contributed by atoms with Crippen LogP contribution in [-0.4, -0.2) is 20.4 Å². The zero-order valence-electron chi connectivity index (χ0n) is 7.15. The minimum Gasteiger partial charge on any atom is -0.384 e. The van der Waals surface area contributed by atoms with Crippen LogP contribution >= 0.6 is 15.9 Å². The number of alkyl halides is 1. The molecular formula is C9H11BrN2O. The summed E-state index contributed by atoms with van der Waals surface area (Å²) in [5.74, 6) is 1.18. The topological polar surface area (TPSA) is 46.0 Å².